The van der Waals surface area contributed by atoms with Crippen LogP contribution in [0.25, 0.3) is 0 Å². The van der Waals surface area contributed by atoms with Crippen molar-refractivity contribution in [2.24, 2.45) is 0 Å². The zero-order valence-corrected chi connectivity index (χ0v) is 12.5. The molecule has 0 radical (unpaired) electrons. The van der Waals surface area contributed by atoms with Crippen molar-refractivity contribution in [1.29, 1.82) is 0 Å². The number of carbonyl (C=O) groups excluding carboxylic acids is 3. The Bertz CT molecular complexity index is 560. The van der Waals surface area contributed by atoms with Crippen molar-refractivity contribution in [3.05, 3.63) is 35.9 Å². The smallest absolute Gasteiger partial charge is 0.419 e. The van der Waals surface area contributed by atoms with Gasteiger partial charge in [-0.1, -0.05) is 30.3 Å². The van der Waals surface area contributed by atoms with Gasteiger partial charge in [-0.15, -0.1) is 0 Å². The van der Waals surface area contributed by atoms with Gasteiger partial charge < -0.3 is 14.4 Å². The van der Waals surface area contributed by atoms with E-state index in [0.717, 1.165) is 10.5 Å². The van der Waals surface area contributed by atoms with Crippen LogP contribution in [0.2, 0.25) is 0 Å². The first-order valence-corrected chi connectivity index (χ1v) is 6.95. The summed E-state index contributed by atoms with van der Waals surface area (Å²) in [7, 11) is 1.22. The maximum atomic E-state index is 12.2. The van der Waals surface area contributed by atoms with Gasteiger partial charge in [0.25, 0.3) is 0 Å². The predicted octanol–water partition coefficient (Wildman–Crippen LogP) is 1.62. The van der Waals surface area contributed by atoms with Crippen molar-refractivity contribution in [3.63, 3.8) is 0 Å². The Hall–Kier alpha value is -2.57. The third-order valence-electron chi connectivity index (χ3n) is 3.44. The average Bonchev–Trinajstić information content (AvgIpc) is 2.89. The molecule has 1 aliphatic rings. The Morgan fingerprint density at radius 1 is 1.27 bits per heavy atom. The fourth-order valence-electron chi connectivity index (χ4n) is 2.23. The first-order chi connectivity index (χ1) is 10.6. The van der Waals surface area contributed by atoms with E-state index in [1.165, 1.54) is 12.0 Å². The van der Waals surface area contributed by atoms with Gasteiger partial charge in [0.1, 0.15) is 6.61 Å². The molecule has 0 aliphatic carbocycles. The Balaban J connectivity index is 2.07. The standard InChI is InChI=1S/C15H18N2O5/c1-3-16-9-12(13(18)21-2)17(14(16)19)15(20)22-10-11-7-5-4-6-8-11/h4-8,12H,3,9-10H2,1-2H3. The quantitative estimate of drug-likeness (QED) is 0.790. The van der Waals surface area contributed by atoms with E-state index in [2.05, 4.69) is 4.74 Å². The van der Waals surface area contributed by atoms with Gasteiger partial charge in [-0.25, -0.2) is 19.3 Å². The lowest BCUT2D eigenvalue weighted by atomic mass is 10.2. The number of esters is 1. The van der Waals surface area contributed by atoms with Crippen LogP contribution in [0.5, 0.6) is 0 Å². The summed E-state index contributed by atoms with van der Waals surface area (Å²) in [6.07, 6.45) is -0.847. The highest BCUT2D eigenvalue weighted by Crippen LogP contribution is 2.19. The van der Waals surface area contributed by atoms with Gasteiger partial charge >= 0.3 is 18.1 Å². The van der Waals surface area contributed by atoms with E-state index < -0.39 is 24.1 Å². The molecule has 1 aromatic carbocycles. The zero-order valence-electron chi connectivity index (χ0n) is 12.5. The third-order valence-corrected chi connectivity index (χ3v) is 3.44. The summed E-state index contributed by atoms with van der Waals surface area (Å²) in [5.74, 6) is -0.638. The number of hydrogen-bond acceptors (Lipinski definition) is 5. The first-order valence-electron chi connectivity index (χ1n) is 6.95. The summed E-state index contributed by atoms with van der Waals surface area (Å²) < 4.78 is 9.78. The lowest BCUT2D eigenvalue weighted by Gasteiger charge is -2.19. The van der Waals surface area contributed by atoms with E-state index >= 15 is 0 Å². The van der Waals surface area contributed by atoms with Crippen LogP contribution in [0.4, 0.5) is 9.59 Å². The summed E-state index contributed by atoms with van der Waals surface area (Å²) in [5.41, 5.74) is 0.796. The highest BCUT2D eigenvalue weighted by Gasteiger charge is 2.46. The molecule has 22 heavy (non-hydrogen) atoms. The van der Waals surface area contributed by atoms with Crippen LogP contribution in [0.15, 0.2) is 30.3 Å². The highest BCUT2D eigenvalue weighted by molar-refractivity contribution is 5.98. The normalized spacial score (nSPS) is 17.5. The summed E-state index contributed by atoms with van der Waals surface area (Å²) >= 11 is 0. The fourth-order valence-corrected chi connectivity index (χ4v) is 2.23. The topological polar surface area (TPSA) is 76.2 Å². The lowest BCUT2D eigenvalue weighted by Crippen LogP contribution is -2.44. The summed E-state index contributed by atoms with van der Waals surface area (Å²) in [4.78, 5) is 38.3. The van der Waals surface area contributed by atoms with E-state index in [1.54, 1.807) is 19.1 Å². The van der Waals surface area contributed by atoms with E-state index in [1.807, 2.05) is 18.2 Å². The Morgan fingerprint density at radius 2 is 1.95 bits per heavy atom. The average molecular weight is 306 g/mol. The number of nitrogens with zero attached hydrogens (tertiary/aromatic N) is 2. The van der Waals surface area contributed by atoms with Crippen LogP contribution in [0.3, 0.4) is 0 Å². The molecule has 1 aromatic rings. The number of imide groups is 1. The summed E-state index contributed by atoms with van der Waals surface area (Å²) in [5, 5.41) is 0. The molecule has 2 rings (SSSR count). The van der Waals surface area contributed by atoms with E-state index in [0.29, 0.717) is 6.54 Å². The largest absolute Gasteiger partial charge is 0.467 e. The first kappa shape index (κ1) is 15.8. The van der Waals surface area contributed by atoms with Crippen molar-refractivity contribution < 1.29 is 23.9 Å². The number of carbonyl (C=O) groups is 3. The van der Waals surface area contributed by atoms with Gasteiger partial charge in [0.2, 0.25) is 0 Å². The van der Waals surface area contributed by atoms with Crippen molar-refractivity contribution in [2.75, 3.05) is 20.2 Å². The van der Waals surface area contributed by atoms with Gasteiger partial charge in [-0.2, -0.15) is 0 Å². The molecule has 0 saturated carbocycles. The fraction of sp³-hybridized carbons (Fsp3) is 0.400. The van der Waals surface area contributed by atoms with Crippen LogP contribution in [0.1, 0.15) is 12.5 Å². The number of benzene rings is 1. The summed E-state index contributed by atoms with van der Waals surface area (Å²) in [6, 6.07) is 7.57. The number of urea groups is 1. The van der Waals surface area contributed by atoms with Crippen LogP contribution < -0.4 is 0 Å². The molecular formula is C15H18N2O5. The number of rotatable bonds is 4. The maximum absolute atomic E-state index is 12.2. The van der Waals surface area contributed by atoms with Crippen molar-refractivity contribution in [1.82, 2.24) is 9.80 Å². The van der Waals surface area contributed by atoms with Gasteiger partial charge in [0.15, 0.2) is 6.04 Å². The molecule has 1 saturated heterocycles. The second-order valence-electron chi connectivity index (χ2n) is 4.77. The van der Waals surface area contributed by atoms with E-state index in [-0.39, 0.29) is 13.2 Å². The van der Waals surface area contributed by atoms with Gasteiger partial charge in [0, 0.05) is 6.54 Å². The Morgan fingerprint density at radius 3 is 2.55 bits per heavy atom. The molecule has 1 unspecified atom stereocenters. The van der Waals surface area contributed by atoms with Crippen molar-refractivity contribution >= 4 is 18.1 Å². The zero-order chi connectivity index (χ0) is 16.1. The molecule has 7 heteroatoms. The van der Waals surface area contributed by atoms with E-state index in [9.17, 15) is 14.4 Å². The molecular weight excluding hydrogens is 288 g/mol. The number of likely N-dealkylation sites (N-methyl/N-ethyl adjacent to an activating group) is 1. The second-order valence-corrected chi connectivity index (χ2v) is 4.77. The molecule has 0 aromatic heterocycles. The van der Waals surface area contributed by atoms with Crippen LogP contribution in [0, 0.1) is 0 Å². The second kappa shape index (κ2) is 6.93. The minimum atomic E-state index is -0.972. The molecule has 0 spiro atoms. The molecule has 1 heterocycles. The Labute approximate surface area is 128 Å². The predicted molar refractivity (Wildman–Crippen MR) is 76.9 cm³/mol. The van der Waals surface area contributed by atoms with Crippen LogP contribution in [-0.2, 0) is 20.9 Å². The minimum Gasteiger partial charge on any atom is -0.467 e. The third kappa shape index (κ3) is 3.19. The highest BCUT2D eigenvalue weighted by atomic mass is 16.6. The van der Waals surface area contributed by atoms with E-state index in [4.69, 9.17) is 4.74 Å². The molecule has 0 bridgehead atoms. The number of methoxy groups -OCH3 is 1. The van der Waals surface area contributed by atoms with Crippen LogP contribution >= 0.6 is 0 Å². The SMILES string of the molecule is CCN1CC(C(=O)OC)N(C(=O)OCc2ccccc2)C1=O. The van der Waals surface area contributed by atoms with Gasteiger partial charge in [0.05, 0.1) is 13.7 Å². The molecule has 0 N–H and O–H groups in total. The molecule has 1 atom stereocenters. The minimum absolute atomic E-state index is 0.0312. The molecule has 7 nitrogen and oxygen atoms in total. The van der Waals surface area contributed by atoms with Crippen molar-refractivity contribution in [3.8, 4) is 0 Å². The molecule has 118 valence electrons. The lowest BCUT2D eigenvalue weighted by molar-refractivity contribution is -0.144. The van der Waals surface area contributed by atoms with Crippen LogP contribution in [-0.4, -0.2) is 54.1 Å². The maximum Gasteiger partial charge on any atom is 0.419 e. The molecule has 3 amide bonds. The monoisotopic (exact) mass is 306 g/mol. The molecule has 1 fully saturated rings. The molecule has 1 aliphatic heterocycles. The van der Waals surface area contributed by atoms with Gasteiger partial charge in [-0.3, -0.25) is 0 Å². The van der Waals surface area contributed by atoms with Gasteiger partial charge in [-0.05, 0) is 12.5 Å². The number of amides is 3. The van der Waals surface area contributed by atoms with Crippen molar-refractivity contribution in [2.45, 2.75) is 19.6 Å². The summed E-state index contributed by atoms with van der Waals surface area (Å²) in [6.45, 7) is 2.31. The number of ether oxygens (including phenoxy) is 2. The Kier molecular flexibility index (Phi) is 4.98. The number of hydrogen-bond donors (Lipinski definition) is 0.